The third-order valence-electron chi connectivity index (χ3n) is 2.55. The maximum absolute atomic E-state index is 12.7. The summed E-state index contributed by atoms with van der Waals surface area (Å²) in [5.74, 6) is 1.20. The first-order valence-electron chi connectivity index (χ1n) is 6.48. The van der Waals surface area contributed by atoms with Gasteiger partial charge in [-0.3, -0.25) is 0 Å². The van der Waals surface area contributed by atoms with E-state index >= 15 is 0 Å². The van der Waals surface area contributed by atoms with E-state index in [1.54, 1.807) is 12.1 Å². The van der Waals surface area contributed by atoms with Gasteiger partial charge in [-0.1, -0.05) is 18.2 Å². The van der Waals surface area contributed by atoms with Crippen molar-refractivity contribution < 1.29 is 18.6 Å². The highest BCUT2D eigenvalue weighted by molar-refractivity contribution is 5.22. The van der Waals surface area contributed by atoms with Crippen LogP contribution in [0.4, 0.5) is 4.39 Å². The molecule has 0 fully saturated rings. The van der Waals surface area contributed by atoms with Gasteiger partial charge in [-0.05, 0) is 36.4 Å². The molecule has 2 aromatic rings. The van der Waals surface area contributed by atoms with Crippen molar-refractivity contribution in [3.63, 3.8) is 0 Å². The molecule has 20 heavy (non-hydrogen) atoms. The van der Waals surface area contributed by atoms with E-state index in [0.717, 1.165) is 5.75 Å². The van der Waals surface area contributed by atoms with Crippen molar-refractivity contribution >= 4 is 0 Å². The standard InChI is InChI=1S/C16H17FO3/c17-14-6-8-16(9-7-14)20-13-11-18-10-12-19-15-4-2-1-3-5-15/h1-9H,10-13H2. The Morgan fingerprint density at radius 3 is 1.80 bits per heavy atom. The van der Waals surface area contributed by atoms with Crippen LogP contribution in [0.25, 0.3) is 0 Å². The van der Waals surface area contributed by atoms with Gasteiger partial charge < -0.3 is 14.2 Å². The van der Waals surface area contributed by atoms with E-state index in [-0.39, 0.29) is 5.82 Å². The number of benzene rings is 2. The normalized spacial score (nSPS) is 10.2. The summed E-state index contributed by atoms with van der Waals surface area (Å²) in [6.07, 6.45) is 0. The van der Waals surface area contributed by atoms with Crippen LogP contribution in [-0.4, -0.2) is 26.4 Å². The van der Waals surface area contributed by atoms with E-state index in [1.165, 1.54) is 12.1 Å². The lowest BCUT2D eigenvalue weighted by atomic mass is 10.3. The van der Waals surface area contributed by atoms with Gasteiger partial charge in [-0.25, -0.2) is 4.39 Å². The van der Waals surface area contributed by atoms with Gasteiger partial charge in [0, 0.05) is 0 Å². The van der Waals surface area contributed by atoms with E-state index in [0.29, 0.717) is 32.2 Å². The molecule has 3 nitrogen and oxygen atoms in total. The van der Waals surface area contributed by atoms with Gasteiger partial charge in [-0.15, -0.1) is 0 Å². The van der Waals surface area contributed by atoms with E-state index < -0.39 is 0 Å². The van der Waals surface area contributed by atoms with E-state index in [2.05, 4.69) is 0 Å². The van der Waals surface area contributed by atoms with Crippen LogP contribution in [0, 0.1) is 5.82 Å². The second-order valence-corrected chi connectivity index (χ2v) is 4.08. The predicted molar refractivity (Wildman–Crippen MR) is 74.7 cm³/mol. The number of rotatable bonds is 8. The molecule has 2 aromatic carbocycles. The first-order chi connectivity index (χ1) is 9.84. The van der Waals surface area contributed by atoms with Gasteiger partial charge in [0.15, 0.2) is 0 Å². The zero-order valence-corrected chi connectivity index (χ0v) is 11.1. The molecule has 0 aromatic heterocycles. The molecular formula is C16H17FO3. The SMILES string of the molecule is Fc1ccc(OCCOCCOc2ccccc2)cc1. The summed E-state index contributed by atoms with van der Waals surface area (Å²) in [5, 5.41) is 0. The van der Waals surface area contributed by atoms with Crippen LogP contribution >= 0.6 is 0 Å². The monoisotopic (exact) mass is 276 g/mol. The van der Waals surface area contributed by atoms with Crippen LogP contribution in [0.3, 0.4) is 0 Å². The van der Waals surface area contributed by atoms with Gasteiger partial charge in [0.1, 0.15) is 30.5 Å². The second kappa shape index (κ2) is 8.17. The molecule has 0 heterocycles. The molecule has 0 aliphatic heterocycles. The molecule has 0 bridgehead atoms. The summed E-state index contributed by atoms with van der Waals surface area (Å²) < 4.78 is 28.9. The Balaban J connectivity index is 1.51. The highest BCUT2D eigenvalue weighted by Gasteiger charge is 1.95. The maximum Gasteiger partial charge on any atom is 0.123 e. The first-order valence-corrected chi connectivity index (χ1v) is 6.48. The van der Waals surface area contributed by atoms with Crippen LogP contribution in [0.2, 0.25) is 0 Å². The highest BCUT2D eigenvalue weighted by atomic mass is 19.1. The molecule has 0 N–H and O–H groups in total. The number of para-hydroxylation sites is 1. The summed E-state index contributed by atoms with van der Waals surface area (Å²) in [6, 6.07) is 15.5. The highest BCUT2D eigenvalue weighted by Crippen LogP contribution is 2.10. The molecule has 0 unspecified atom stereocenters. The lowest BCUT2D eigenvalue weighted by Gasteiger charge is -2.08. The molecule has 0 atom stereocenters. The molecule has 0 radical (unpaired) electrons. The summed E-state index contributed by atoms with van der Waals surface area (Å²) in [4.78, 5) is 0. The van der Waals surface area contributed by atoms with E-state index in [4.69, 9.17) is 14.2 Å². The fourth-order valence-electron chi connectivity index (χ4n) is 1.59. The Hall–Kier alpha value is -2.07. The molecule has 0 aliphatic rings. The molecule has 2 rings (SSSR count). The fraction of sp³-hybridized carbons (Fsp3) is 0.250. The smallest absolute Gasteiger partial charge is 0.123 e. The number of ether oxygens (including phenoxy) is 3. The summed E-state index contributed by atoms with van der Waals surface area (Å²) >= 11 is 0. The third kappa shape index (κ3) is 5.28. The Morgan fingerprint density at radius 2 is 1.20 bits per heavy atom. The van der Waals surface area contributed by atoms with Crippen molar-refractivity contribution in [2.45, 2.75) is 0 Å². The van der Waals surface area contributed by atoms with Gasteiger partial charge in [0.25, 0.3) is 0 Å². The lowest BCUT2D eigenvalue weighted by molar-refractivity contribution is 0.0764. The minimum atomic E-state index is -0.272. The number of hydrogen-bond acceptors (Lipinski definition) is 3. The van der Waals surface area contributed by atoms with Gasteiger partial charge in [0.2, 0.25) is 0 Å². The summed E-state index contributed by atoms with van der Waals surface area (Å²) in [7, 11) is 0. The van der Waals surface area contributed by atoms with Crippen LogP contribution in [0.1, 0.15) is 0 Å². The zero-order valence-electron chi connectivity index (χ0n) is 11.1. The van der Waals surface area contributed by atoms with Gasteiger partial charge in [-0.2, -0.15) is 0 Å². The molecule has 0 amide bonds. The molecule has 0 aliphatic carbocycles. The topological polar surface area (TPSA) is 27.7 Å². The Bertz CT molecular complexity index is 485. The molecule has 0 saturated carbocycles. The molecule has 106 valence electrons. The van der Waals surface area contributed by atoms with E-state index in [1.807, 2.05) is 30.3 Å². The van der Waals surface area contributed by atoms with Crippen molar-refractivity contribution in [3.05, 3.63) is 60.4 Å². The molecular weight excluding hydrogens is 259 g/mol. The number of halogens is 1. The quantitative estimate of drug-likeness (QED) is 0.692. The molecule has 0 saturated heterocycles. The van der Waals surface area contributed by atoms with Gasteiger partial charge in [0.05, 0.1) is 13.2 Å². The van der Waals surface area contributed by atoms with Crippen LogP contribution in [0.5, 0.6) is 11.5 Å². The van der Waals surface area contributed by atoms with Crippen molar-refractivity contribution in [1.29, 1.82) is 0 Å². The third-order valence-corrected chi connectivity index (χ3v) is 2.55. The van der Waals surface area contributed by atoms with Gasteiger partial charge >= 0.3 is 0 Å². The molecule has 4 heteroatoms. The van der Waals surface area contributed by atoms with Crippen molar-refractivity contribution in [3.8, 4) is 11.5 Å². The minimum absolute atomic E-state index is 0.272. The van der Waals surface area contributed by atoms with Crippen molar-refractivity contribution in [2.24, 2.45) is 0 Å². The predicted octanol–water partition coefficient (Wildman–Crippen LogP) is 3.30. The van der Waals surface area contributed by atoms with Crippen molar-refractivity contribution in [1.82, 2.24) is 0 Å². The summed E-state index contributed by atoms with van der Waals surface area (Å²) in [5.41, 5.74) is 0. The molecule has 0 spiro atoms. The largest absolute Gasteiger partial charge is 0.491 e. The Labute approximate surface area is 117 Å². The zero-order chi connectivity index (χ0) is 14.0. The fourth-order valence-corrected chi connectivity index (χ4v) is 1.59. The van der Waals surface area contributed by atoms with Crippen LogP contribution in [0.15, 0.2) is 54.6 Å². The average molecular weight is 276 g/mol. The summed E-state index contributed by atoms with van der Waals surface area (Å²) in [6.45, 7) is 1.90. The van der Waals surface area contributed by atoms with Crippen LogP contribution in [-0.2, 0) is 4.74 Å². The lowest BCUT2D eigenvalue weighted by Crippen LogP contribution is -2.12. The minimum Gasteiger partial charge on any atom is -0.491 e. The number of hydrogen-bond donors (Lipinski definition) is 0. The maximum atomic E-state index is 12.7. The van der Waals surface area contributed by atoms with Crippen LogP contribution < -0.4 is 9.47 Å². The van der Waals surface area contributed by atoms with E-state index in [9.17, 15) is 4.39 Å². The van der Waals surface area contributed by atoms with Crippen molar-refractivity contribution in [2.75, 3.05) is 26.4 Å². The first kappa shape index (κ1) is 14.3. The Morgan fingerprint density at radius 1 is 0.650 bits per heavy atom. The Kier molecular flexibility index (Phi) is 5.86. The second-order valence-electron chi connectivity index (χ2n) is 4.08. The average Bonchev–Trinajstić information content (AvgIpc) is 2.49.